The van der Waals surface area contributed by atoms with Crippen LogP contribution in [0.15, 0.2) is 122 Å². The van der Waals surface area contributed by atoms with Crippen molar-refractivity contribution in [3.63, 3.8) is 0 Å². The molecule has 0 saturated carbocycles. The minimum Gasteiger partial charge on any atom is -0.497 e. The van der Waals surface area contributed by atoms with Gasteiger partial charge in [-0.3, -0.25) is 0 Å². The summed E-state index contributed by atoms with van der Waals surface area (Å²) in [4.78, 5) is 36.7. The van der Waals surface area contributed by atoms with Crippen molar-refractivity contribution in [3.8, 4) is 28.4 Å². The second kappa shape index (κ2) is 23.5. The fourth-order valence-corrected chi connectivity index (χ4v) is 11.3. The standard InChI is InChI=1S/C52H62N10O12S2/c1-51(2,3)73-49(64)53-27-35(63)28-56-75(66,67)43-24-22-38(39-11-10-12-40-46(39)59-44(57-40)29-54-50(65)74-52(4,5)6)45(48-58-41-25-34(26-55-61-60-48)17-23-42(41)72-9)47(43)76(68,69)62(30-32-13-18-36(70-7)19-14-32)31-33-15-20-37(71-8)21-16-33/h10-25,35,56,63H,26-31H2,1-9H3,(H,53,64)(H,54,65)(H,57,59)(H,55,58,60)/t35-/m1/s1. The molecule has 404 valence electrons. The van der Waals surface area contributed by atoms with E-state index in [-0.39, 0.29) is 54.6 Å². The first-order valence-electron chi connectivity index (χ1n) is 23.9. The van der Waals surface area contributed by atoms with Crippen molar-refractivity contribution >= 4 is 54.8 Å². The van der Waals surface area contributed by atoms with Crippen LogP contribution in [0.5, 0.6) is 17.2 Å². The van der Waals surface area contributed by atoms with Gasteiger partial charge < -0.3 is 44.4 Å². The predicted octanol–water partition coefficient (Wildman–Crippen LogP) is 7.38. The molecule has 0 spiro atoms. The maximum Gasteiger partial charge on any atom is 0.408 e. The van der Waals surface area contributed by atoms with Crippen LogP contribution in [0.2, 0.25) is 0 Å². The van der Waals surface area contributed by atoms with Crippen molar-refractivity contribution in [2.75, 3.05) is 34.4 Å². The van der Waals surface area contributed by atoms with E-state index < -0.39 is 72.4 Å². The summed E-state index contributed by atoms with van der Waals surface area (Å²) in [6, 6.07) is 26.2. The van der Waals surface area contributed by atoms with Crippen LogP contribution in [0.3, 0.4) is 0 Å². The van der Waals surface area contributed by atoms with Gasteiger partial charge in [0.2, 0.25) is 20.0 Å². The van der Waals surface area contributed by atoms with Crippen molar-refractivity contribution < 1.29 is 55.2 Å². The number of benzene rings is 5. The molecule has 2 heterocycles. The number of H-pyrrole nitrogens is 1. The molecular formula is C52H62N10O12S2. The Balaban J connectivity index is 1.50. The minimum atomic E-state index is -5.13. The van der Waals surface area contributed by atoms with Crippen molar-refractivity contribution in [1.29, 1.82) is 0 Å². The number of imidazole rings is 1. The molecule has 0 radical (unpaired) electrons. The molecule has 1 aliphatic heterocycles. The van der Waals surface area contributed by atoms with E-state index in [4.69, 9.17) is 33.7 Å². The Morgan fingerprint density at radius 1 is 0.750 bits per heavy atom. The van der Waals surface area contributed by atoms with Crippen molar-refractivity contribution in [2.24, 2.45) is 15.3 Å². The highest BCUT2D eigenvalue weighted by molar-refractivity contribution is 7.92. The Morgan fingerprint density at radius 3 is 1.96 bits per heavy atom. The maximum atomic E-state index is 16.4. The monoisotopic (exact) mass is 1080 g/mol. The number of carbonyl (C=O) groups is 2. The number of aliphatic hydroxyl groups excluding tert-OH is 1. The number of nitrogens with one attached hydrogen (secondary N) is 5. The summed E-state index contributed by atoms with van der Waals surface area (Å²) in [6.45, 7) is 8.48. The Labute approximate surface area is 441 Å². The molecule has 6 N–H and O–H groups in total. The number of aromatic amines is 1. The first kappa shape index (κ1) is 56.1. The zero-order valence-electron chi connectivity index (χ0n) is 43.5. The third kappa shape index (κ3) is 14.2. The van der Waals surface area contributed by atoms with Gasteiger partial charge in [-0.2, -0.15) is 9.42 Å². The Kier molecular flexibility index (Phi) is 17.3. The quantitative estimate of drug-likeness (QED) is 0.0462. The van der Waals surface area contributed by atoms with E-state index in [0.717, 1.165) is 10.4 Å². The first-order valence-corrected chi connectivity index (χ1v) is 26.8. The lowest BCUT2D eigenvalue weighted by Crippen LogP contribution is -2.42. The number of amidine groups is 1. The zero-order chi connectivity index (χ0) is 55.0. The second-order valence-corrected chi connectivity index (χ2v) is 23.0. The van der Waals surface area contributed by atoms with Gasteiger partial charge in [0.05, 0.1) is 51.6 Å². The summed E-state index contributed by atoms with van der Waals surface area (Å²) < 4.78 is 93.8. The second-order valence-electron chi connectivity index (χ2n) is 19.4. The number of amides is 2. The number of aliphatic imine (C=N–C) groups is 1. The molecule has 0 saturated heterocycles. The number of aliphatic hydroxyl groups is 1. The highest BCUT2D eigenvalue weighted by atomic mass is 32.2. The van der Waals surface area contributed by atoms with Gasteiger partial charge in [0, 0.05) is 37.3 Å². The lowest BCUT2D eigenvalue weighted by molar-refractivity contribution is 0.0490. The molecule has 0 fully saturated rings. The van der Waals surface area contributed by atoms with Gasteiger partial charge >= 0.3 is 12.2 Å². The normalized spacial score (nSPS) is 13.4. The molecule has 2 bridgehead atoms. The number of sulfonamides is 2. The Morgan fingerprint density at radius 2 is 1.37 bits per heavy atom. The summed E-state index contributed by atoms with van der Waals surface area (Å²) in [7, 11) is -5.66. The molecule has 24 heteroatoms. The topological polar surface area (TPSA) is 286 Å². The van der Waals surface area contributed by atoms with Gasteiger partial charge in [0.15, 0.2) is 5.84 Å². The minimum absolute atomic E-state index is 0.0818. The summed E-state index contributed by atoms with van der Waals surface area (Å²) in [5, 5.41) is 24.7. The smallest absolute Gasteiger partial charge is 0.408 e. The fraction of sp³-hybridized carbons (Fsp3) is 0.346. The lowest BCUT2D eigenvalue weighted by atomic mass is 9.97. The number of ether oxygens (including phenoxy) is 5. The number of fused-ring (bicyclic) bond motifs is 3. The van der Waals surface area contributed by atoms with Crippen LogP contribution >= 0.6 is 0 Å². The molecule has 2 amide bonds. The number of aromatic nitrogens is 2. The van der Waals surface area contributed by atoms with Crippen LogP contribution < -0.4 is 35.0 Å². The van der Waals surface area contributed by atoms with E-state index in [0.29, 0.717) is 50.6 Å². The number of carbonyl (C=O) groups excluding carboxylic acids is 2. The number of para-hydroxylation sites is 1. The van der Waals surface area contributed by atoms with Gasteiger partial charge in [-0.15, -0.1) is 0 Å². The average Bonchev–Trinajstić information content (AvgIpc) is 3.89. The van der Waals surface area contributed by atoms with Crippen molar-refractivity contribution in [2.45, 2.75) is 94.8 Å². The van der Waals surface area contributed by atoms with E-state index in [9.17, 15) is 14.7 Å². The number of nitrogens with zero attached hydrogens (tertiary/aromatic N) is 5. The molecule has 1 aromatic heterocycles. The maximum absolute atomic E-state index is 16.4. The van der Waals surface area contributed by atoms with Crippen LogP contribution in [-0.4, -0.2) is 106 Å². The molecule has 76 heavy (non-hydrogen) atoms. The van der Waals surface area contributed by atoms with E-state index in [1.807, 2.05) is 0 Å². The van der Waals surface area contributed by atoms with Crippen LogP contribution in [0.4, 0.5) is 15.3 Å². The summed E-state index contributed by atoms with van der Waals surface area (Å²) in [5.41, 5.74) is 4.08. The molecule has 1 atom stereocenters. The van der Waals surface area contributed by atoms with Crippen LogP contribution in [0, 0.1) is 0 Å². The number of hydrogen-bond acceptors (Lipinski definition) is 17. The summed E-state index contributed by atoms with van der Waals surface area (Å²) in [5.74, 6) is 1.36. The highest BCUT2D eigenvalue weighted by Gasteiger charge is 2.38. The van der Waals surface area contributed by atoms with Crippen LogP contribution in [0.1, 0.15) is 69.6 Å². The van der Waals surface area contributed by atoms with Gasteiger partial charge in [0.25, 0.3) is 0 Å². The van der Waals surface area contributed by atoms with Crippen molar-refractivity contribution in [1.82, 2.24) is 35.1 Å². The van der Waals surface area contributed by atoms with Gasteiger partial charge in [-0.05, 0) is 112 Å². The third-order valence-corrected chi connectivity index (χ3v) is 14.8. The zero-order valence-corrected chi connectivity index (χ0v) is 45.2. The Bertz CT molecular complexity index is 3300. The van der Waals surface area contributed by atoms with Crippen molar-refractivity contribution in [3.05, 3.63) is 125 Å². The molecule has 1 aliphatic rings. The van der Waals surface area contributed by atoms with E-state index in [1.54, 1.807) is 126 Å². The Hall–Kier alpha value is -7.64. The number of methoxy groups -OCH3 is 3. The molecule has 6 aromatic rings. The summed E-state index contributed by atoms with van der Waals surface area (Å²) >= 11 is 0. The van der Waals surface area contributed by atoms with Crippen LogP contribution in [0.25, 0.3) is 22.2 Å². The number of hydrogen-bond donors (Lipinski definition) is 6. The third-order valence-electron chi connectivity index (χ3n) is 11.3. The number of alkyl carbamates (subject to hydrolysis) is 2. The molecule has 0 aliphatic carbocycles. The van der Waals surface area contributed by atoms with E-state index in [2.05, 4.69) is 36.1 Å². The predicted molar refractivity (Wildman–Crippen MR) is 283 cm³/mol. The number of rotatable bonds is 19. The average molecular weight is 1080 g/mol. The fourth-order valence-electron chi connectivity index (χ4n) is 7.82. The first-order chi connectivity index (χ1) is 36.0. The van der Waals surface area contributed by atoms with Gasteiger partial charge in [0.1, 0.15) is 49.8 Å². The largest absolute Gasteiger partial charge is 0.497 e. The molecule has 22 nitrogen and oxygen atoms in total. The van der Waals surface area contributed by atoms with Gasteiger partial charge in [-0.25, -0.2) is 46.5 Å². The van der Waals surface area contributed by atoms with E-state index in [1.165, 1.54) is 27.4 Å². The summed E-state index contributed by atoms with van der Waals surface area (Å²) in [6.07, 6.45) is -3.05. The van der Waals surface area contributed by atoms with Gasteiger partial charge in [-0.1, -0.05) is 53.8 Å². The molecule has 0 unspecified atom stereocenters. The molecule has 5 aromatic carbocycles. The highest BCUT2D eigenvalue weighted by Crippen LogP contribution is 2.40. The molecular weight excluding hydrogens is 1020 g/mol. The van der Waals surface area contributed by atoms with Crippen LogP contribution in [-0.2, 0) is 55.7 Å². The lowest BCUT2D eigenvalue weighted by Gasteiger charge is -2.27. The van der Waals surface area contributed by atoms with E-state index >= 15 is 16.8 Å². The molecule has 7 rings (SSSR count). The SMILES string of the molecule is COc1ccc(CN(Cc2ccc(OC)cc2)S(=O)(=O)c2c(S(=O)(=O)NC[C@H](O)CNC(=O)OC(C)(C)C)ccc(-c3cccc4[nH]c(CNC(=O)OC(C)(C)C)nc34)c2C2=Nc3cc(ccc3OC)CN=NN2)cc1.